The Balaban J connectivity index is 1.76. The molecule has 1 aromatic heterocycles. The number of hydrogen-bond acceptors (Lipinski definition) is 3. The van der Waals surface area contributed by atoms with Crippen molar-refractivity contribution in [3.05, 3.63) is 52.3 Å². The summed E-state index contributed by atoms with van der Waals surface area (Å²) in [6.45, 7) is 0.898. The van der Waals surface area contributed by atoms with Gasteiger partial charge in [-0.3, -0.25) is 4.68 Å². The molecule has 2 aromatic rings. The molecule has 1 aliphatic rings. The molecule has 3 rings (SSSR count). The summed E-state index contributed by atoms with van der Waals surface area (Å²) in [5, 5.41) is 8.95. The van der Waals surface area contributed by atoms with Crippen LogP contribution in [0.2, 0.25) is 5.02 Å². The van der Waals surface area contributed by atoms with Gasteiger partial charge in [0.15, 0.2) is 0 Å². The lowest BCUT2D eigenvalue weighted by Gasteiger charge is -2.27. The van der Waals surface area contributed by atoms with Crippen molar-refractivity contribution in [1.82, 2.24) is 20.0 Å². The molecule has 0 saturated heterocycles. The van der Waals surface area contributed by atoms with Crippen molar-refractivity contribution in [3.8, 4) is 0 Å². The fourth-order valence-electron chi connectivity index (χ4n) is 3.61. The van der Waals surface area contributed by atoms with Crippen LogP contribution >= 0.6 is 11.6 Å². The van der Waals surface area contributed by atoms with Crippen LogP contribution in [0, 0.1) is 0 Å². The van der Waals surface area contributed by atoms with Crippen LogP contribution in [-0.2, 0) is 13.5 Å². The Labute approximate surface area is 149 Å². The van der Waals surface area contributed by atoms with Crippen LogP contribution in [0.1, 0.15) is 48.0 Å². The van der Waals surface area contributed by atoms with E-state index in [0.717, 1.165) is 18.0 Å². The van der Waals surface area contributed by atoms with E-state index in [9.17, 15) is 0 Å². The van der Waals surface area contributed by atoms with Gasteiger partial charge >= 0.3 is 0 Å². The Hall–Kier alpha value is -1.36. The van der Waals surface area contributed by atoms with Crippen molar-refractivity contribution >= 4 is 11.6 Å². The zero-order valence-corrected chi connectivity index (χ0v) is 15.6. The van der Waals surface area contributed by atoms with Gasteiger partial charge in [-0.2, -0.15) is 5.10 Å². The number of rotatable bonds is 5. The minimum atomic E-state index is 0.310. The lowest BCUT2D eigenvalue weighted by Crippen LogP contribution is -2.33. The second-order valence-corrected chi connectivity index (χ2v) is 7.41. The molecule has 1 heterocycles. The molecular formula is C19H27ClN4. The smallest absolute Gasteiger partial charge is 0.0538 e. The van der Waals surface area contributed by atoms with Crippen LogP contribution < -0.4 is 5.32 Å². The molecule has 0 spiro atoms. The van der Waals surface area contributed by atoms with E-state index in [1.165, 1.54) is 36.0 Å². The number of hydrogen-bond donors (Lipinski definition) is 1. The minimum absolute atomic E-state index is 0.310. The topological polar surface area (TPSA) is 33.1 Å². The molecule has 0 amide bonds. The maximum absolute atomic E-state index is 6.26. The number of nitrogens with zero attached hydrogens (tertiary/aromatic N) is 3. The van der Waals surface area contributed by atoms with Gasteiger partial charge in [0.05, 0.1) is 6.20 Å². The molecule has 0 bridgehead atoms. The SMILES string of the molecule is CN(C)[C@H](CN[C@H]1CCCCc2ccc(Cl)cc21)c1cnn(C)c1. The first-order valence-corrected chi connectivity index (χ1v) is 9.09. The zero-order valence-electron chi connectivity index (χ0n) is 14.8. The van der Waals surface area contributed by atoms with E-state index in [0.29, 0.717) is 12.1 Å². The number of aryl methyl sites for hydroxylation is 2. The summed E-state index contributed by atoms with van der Waals surface area (Å²) in [5.41, 5.74) is 4.07. The monoisotopic (exact) mass is 346 g/mol. The van der Waals surface area contributed by atoms with Crippen LogP contribution in [0.15, 0.2) is 30.6 Å². The first kappa shape index (κ1) is 17.5. The van der Waals surface area contributed by atoms with Crippen LogP contribution in [-0.4, -0.2) is 35.3 Å². The van der Waals surface area contributed by atoms with Crippen LogP contribution in [0.25, 0.3) is 0 Å². The molecule has 0 fully saturated rings. The predicted octanol–water partition coefficient (Wildman–Crippen LogP) is 3.73. The van der Waals surface area contributed by atoms with Crippen molar-refractivity contribution in [2.45, 2.75) is 37.8 Å². The Bertz CT molecular complexity index is 680. The maximum Gasteiger partial charge on any atom is 0.0538 e. The zero-order chi connectivity index (χ0) is 17.1. The third-order valence-corrected chi connectivity index (χ3v) is 5.20. The van der Waals surface area contributed by atoms with Crippen molar-refractivity contribution in [3.63, 3.8) is 0 Å². The molecule has 1 aromatic carbocycles. The minimum Gasteiger partial charge on any atom is -0.308 e. The molecule has 1 aliphatic carbocycles. The number of nitrogens with one attached hydrogen (secondary N) is 1. The highest BCUT2D eigenvalue weighted by Gasteiger charge is 2.22. The molecular weight excluding hydrogens is 320 g/mol. The molecule has 0 unspecified atom stereocenters. The molecule has 1 N–H and O–H groups in total. The summed E-state index contributed by atoms with van der Waals surface area (Å²) in [6, 6.07) is 7.04. The largest absolute Gasteiger partial charge is 0.308 e. The summed E-state index contributed by atoms with van der Waals surface area (Å²) >= 11 is 6.26. The van der Waals surface area contributed by atoms with E-state index in [1.54, 1.807) is 0 Å². The summed E-state index contributed by atoms with van der Waals surface area (Å²) in [5.74, 6) is 0. The molecule has 5 heteroatoms. The Morgan fingerprint density at radius 1 is 1.38 bits per heavy atom. The van der Waals surface area contributed by atoms with E-state index in [2.05, 4.69) is 47.7 Å². The van der Waals surface area contributed by atoms with E-state index in [-0.39, 0.29) is 0 Å². The Kier molecular flexibility index (Phi) is 5.59. The highest BCUT2D eigenvalue weighted by molar-refractivity contribution is 6.30. The van der Waals surface area contributed by atoms with Gasteiger partial charge in [-0.25, -0.2) is 0 Å². The first-order valence-electron chi connectivity index (χ1n) is 8.71. The van der Waals surface area contributed by atoms with Crippen molar-refractivity contribution in [1.29, 1.82) is 0 Å². The van der Waals surface area contributed by atoms with Gasteiger partial charge in [0.2, 0.25) is 0 Å². The second-order valence-electron chi connectivity index (χ2n) is 6.98. The van der Waals surface area contributed by atoms with E-state index < -0.39 is 0 Å². The lowest BCUT2D eigenvalue weighted by molar-refractivity contribution is 0.277. The van der Waals surface area contributed by atoms with Gasteiger partial charge in [0, 0.05) is 42.5 Å². The van der Waals surface area contributed by atoms with Gasteiger partial charge in [-0.1, -0.05) is 24.1 Å². The molecule has 24 heavy (non-hydrogen) atoms. The summed E-state index contributed by atoms with van der Waals surface area (Å²) in [6.07, 6.45) is 8.90. The third kappa shape index (κ3) is 4.00. The highest BCUT2D eigenvalue weighted by atomic mass is 35.5. The fraction of sp³-hybridized carbons (Fsp3) is 0.526. The number of likely N-dealkylation sites (N-methyl/N-ethyl adjacent to an activating group) is 1. The lowest BCUT2D eigenvalue weighted by atomic mass is 9.98. The molecule has 0 radical (unpaired) electrons. The van der Waals surface area contributed by atoms with Crippen LogP contribution in [0.5, 0.6) is 0 Å². The number of halogens is 1. The number of aromatic nitrogens is 2. The molecule has 2 atom stereocenters. The van der Waals surface area contributed by atoms with Gasteiger partial charge in [-0.15, -0.1) is 0 Å². The van der Waals surface area contributed by atoms with E-state index in [1.807, 2.05) is 24.0 Å². The van der Waals surface area contributed by atoms with Crippen molar-refractivity contribution in [2.24, 2.45) is 7.05 Å². The number of benzene rings is 1. The average Bonchev–Trinajstić information content (AvgIpc) is 2.86. The molecule has 0 aliphatic heterocycles. The Morgan fingerprint density at radius 2 is 2.21 bits per heavy atom. The number of fused-ring (bicyclic) bond motifs is 1. The second kappa shape index (κ2) is 7.68. The van der Waals surface area contributed by atoms with Crippen molar-refractivity contribution < 1.29 is 0 Å². The van der Waals surface area contributed by atoms with Gasteiger partial charge < -0.3 is 10.2 Å². The Morgan fingerprint density at radius 3 is 2.92 bits per heavy atom. The fourth-order valence-corrected chi connectivity index (χ4v) is 3.79. The highest BCUT2D eigenvalue weighted by Crippen LogP contribution is 2.31. The quantitative estimate of drug-likeness (QED) is 0.837. The summed E-state index contributed by atoms with van der Waals surface area (Å²) in [4.78, 5) is 2.25. The molecule has 130 valence electrons. The summed E-state index contributed by atoms with van der Waals surface area (Å²) in [7, 11) is 6.21. The average molecular weight is 347 g/mol. The predicted molar refractivity (Wildman–Crippen MR) is 99.4 cm³/mol. The van der Waals surface area contributed by atoms with Crippen molar-refractivity contribution in [2.75, 3.05) is 20.6 Å². The van der Waals surface area contributed by atoms with Crippen LogP contribution in [0.3, 0.4) is 0 Å². The summed E-state index contributed by atoms with van der Waals surface area (Å²) < 4.78 is 1.87. The van der Waals surface area contributed by atoms with Gasteiger partial charge in [-0.05, 0) is 56.6 Å². The third-order valence-electron chi connectivity index (χ3n) is 4.96. The molecule has 4 nitrogen and oxygen atoms in total. The first-order chi connectivity index (χ1) is 11.5. The van der Waals surface area contributed by atoms with Crippen LogP contribution in [0.4, 0.5) is 0 Å². The maximum atomic E-state index is 6.26. The van der Waals surface area contributed by atoms with E-state index >= 15 is 0 Å². The standard InChI is InChI=1S/C19H27ClN4/c1-23(2)19(15-11-22-24(3)13-15)12-21-18-7-5-4-6-14-8-9-16(20)10-17(14)18/h8-11,13,18-19,21H,4-7,12H2,1-3H3/t18-,19+/m0/s1. The van der Waals surface area contributed by atoms with Gasteiger partial charge in [0.25, 0.3) is 0 Å². The van der Waals surface area contributed by atoms with Gasteiger partial charge in [0.1, 0.15) is 0 Å². The molecule has 0 saturated carbocycles. The normalized spacial score (nSPS) is 19.1. The van der Waals surface area contributed by atoms with E-state index in [4.69, 9.17) is 11.6 Å².